The fourth-order valence-electron chi connectivity index (χ4n) is 2.15. The Hall–Kier alpha value is -1.40. The van der Waals surface area contributed by atoms with Crippen LogP contribution in [0.15, 0.2) is 0 Å². The molecule has 0 aromatic rings. The molecule has 7 heteroatoms. The molecule has 2 N–H and O–H groups in total. The van der Waals surface area contributed by atoms with Crippen LogP contribution in [0.2, 0.25) is 0 Å². The zero-order chi connectivity index (χ0) is 13.7. The van der Waals surface area contributed by atoms with Gasteiger partial charge in [-0.15, -0.1) is 0 Å². The van der Waals surface area contributed by atoms with Gasteiger partial charge in [0.1, 0.15) is 6.04 Å². The van der Waals surface area contributed by atoms with E-state index in [9.17, 15) is 18.4 Å². The number of carboxylic acid groups (broad SMARTS) is 1. The Morgan fingerprint density at radius 3 is 2.67 bits per heavy atom. The topological polar surface area (TPSA) is 69.6 Å². The highest BCUT2D eigenvalue weighted by Gasteiger charge is 2.35. The molecule has 0 saturated carbocycles. The first-order valence-electron chi connectivity index (χ1n) is 6.01. The first-order valence-corrected chi connectivity index (χ1v) is 6.01. The summed E-state index contributed by atoms with van der Waals surface area (Å²) in [4.78, 5) is 23.9. The van der Waals surface area contributed by atoms with Gasteiger partial charge in [-0.2, -0.15) is 0 Å². The highest BCUT2D eigenvalue weighted by Crippen LogP contribution is 2.25. The van der Waals surface area contributed by atoms with Crippen LogP contribution < -0.4 is 5.32 Å². The van der Waals surface area contributed by atoms with E-state index in [2.05, 4.69) is 0 Å². The molecule has 18 heavy (non-hydrogen) atoms. The summed E-state index contributed by atoms with van der Waals surface area (Å²) in [6.07, 6.45) is -0.683. The lowest BCUT2D eigenvalue weighted by Crippen LogP contribution is -2.54. The van der Waals surface area contributed by atoms with Crippen molar-refractivity contribution in [1.82, 2.24) is 10.2 Å². The molecular weight excluding hydrogens is 246 g/mol. The maximum Gasteiger partial charge on any atom is 0.326 e. The van der Waals surface area contributed by atoms with Crippen molar-refractivity contribution in [2.24, 2.45) is 5.92 Å². The Bertz CT molecular complexity index is 313. The molecule has 0 aromatic heterocycles. The van der Waals surface area contributed by atoms with Crippen molar-refractivity contribution in [3.8, 4) is 0 Å². The molecule has 1 aliphatic heterocycles. The van der Waals surface area contributed by atoms with Crippen LogP contribution in [0, 0.1) is 5.92 Å². The lowest BCUT2D eigenvalue weighted by atomic mass is 9.89. The van der Waals surface area contributed by atoms with Gasteiger partial charge in [0.2, 0.25) is 0 Å². The average molecular weight is 264 g/mol. The summed E-state index contributed by atoms with van der Waals surface area (Å²) >= 11 is 0. The number of carboxylic acids is 1. The van der Waals surface area contributed by atoms with Crippen LogP contribution in [0.25, 0.3) is 0 Å². The monoisotopic (exact) mass is 264 g/mol. The van der Waals surface area contributed by atoms with Crippen LogP contribution in [0.1, 0.15) is 26.2 Å². The number of hydrogen-bond acceptors (Lipinski definition) is 2. The van der Waals surface area contributed by atoms with E-state index < -0.39 is 31.0 Å². The predicted octanol–water partition coefficient (Wildman–Crippen LogP) is 1.54. The number of alkyl halides is 2. The van der Waals surface area contributed by atoms with Gasteiger partial charge in [-0.1, -0.05) is 13.3 Å². The van der Waals surface area contributed by atoms with Crippen molar-refractivity contribution < 1.29 is 23.5 Å². The Balaban J connectivity index is 2.62. The van der Waals surface area contributed by atoms with Gasteiger partial charge in [0.25, 0.3) is 6.43 Å². The average Bonchev–Trinajstić information content (AvgIpc) is 2.34. The summed E-state index contributed by atoms with van der Waals surface area (Å²) in [5.41, 5.74) is 0. The van der Waals surface area contributed by atoms with E-state index in [-0.39, 0.29) is 5.92 Å². The van der Waals surface area contributed by atoms with Crippen molar-refractivity contribution in [3.05, 3.63) is 0 Å². The van der Waals surface area contributed by atoms with E-state index in [1.165, 1.54) is 0 Å². The molecule has 1 aliphatic rings. The van der Waals surface area contributed by atoms with E-state index >= 15 is 0 Å². The van der Waals surface area contributed by atoms with Gasteiger partial charge in [0.05, 0.1) is 6.54 Å². The van der Waals surface area contributed by atoms with Crippen molar-refractivity contribution in [3.63, 3.8) is 0 Å². The van der Waals surface area contributed by atoms with Crippen LogP contribution >= 0.6 is 0 Å². The number of halogens is 2. The molecule has 1 fully saturated rings. The molecule has 5 nitrogen and oxygen atoms in total. The Morgan fingerprint density at radius 1 is 1.50 bits per heavy atom. The largest absolute Gasteiger partial charge is 0.480 e. The lowest BCUT2D eigenvalue weighted by molar-refractivity contribution is -0.144. The smallest absolute Gasteiger partial charge is 0.326 e. The molecule has 2 amide bonds. The zero-order valence-corrected chi connectivity index (χ0v) is 10.2. The second kappa shape index (κ2) is 6.51. The van der Waals surface area contributed by atoms with Crippen LogP contribution in [0.4, 0.5) is 13.6 Å². The summed E-state index contributed by atoms with van der Waals surface area (Å²) in [7, 11) is 0. The van der Waals surface area contributed by atoms with Crippen molar-refractivity contribution in [1.29, 1.82) is 0 Å². The van der Waals surface area contributed by atoms with E-state index in [0.29, 0.717) is 19.4 Å². The highest BCUT2D eigenvalue weighted by molar-refractivity contribution is 5.82. The molecule has 104 valence electrons. The molecule has 0 spiro atoms. The number of hydrogen-bond donors (Lipinski definition) is 2. The molecule has 0 aromatic carbocycles. The van der Waals surface area contributed by atoms with Crippen LogP contribution in [0.5, 0.6) is 0 Å². The van der Waals surface area contributed by atoms with E-state index in [1.54, 1.807) is 0 Å². The highest BCUT2D eigenvalue weighted by atomic mass is 19.3. The third-order valence-corrected chi connectivity index (χ3v) is 3.24. The standard InChI is InChI=1S/C11H18F2N2O3/c1-2-7-3-4-15(8(5-7)10(16)17)11(18)14-6-9(12)13/h7-9H,2-6H2,1H3,(H,14,18)(H,16,17). The number of nitrogens with one attached hydrogen (secondary N) is 1. The number of rotatable bonds is 4. The zero-order valence-electron chi connectivity index (χ0n) is 10.2. The molecular formula is C11H18F2N2O3. The Morgan fingerprint density at radius 2 is 2.17 bits per heavy atom. The number of carbonyl (C=O) groups is 2. The number of urea groups is 1. The normalized spacial score (nSPS) is 24.1. The van der Waals surface area contributed by atoms with Crippen LogP contribution in [-0.4, -0.2) is 47.6 Å². The summed E-state index contributed by atoms with van der Waals surface area (Å²) in [6, 6.07) is -1.64. The third-order valence-electron chi connectivity index (χ3n) is 3.24. The molecule has 1 heterocycles. The van der Waals surface area contributed by atoms with Gasteiger partial charge in [-0.3, -0.25) is 0 Å². The Kier molecular flexibility index (Phi) is 5.30. The fourth-order valence-corrected chi connectivity index (χ4v) is 2.15. The summed E-state index contributed by atoms with van der Waals surface area (Å²) in [6.45, 7) is 1.51. The molecule has 0 bridgehead atoms. The molecule has 1 rings (SSSR count). The third kappa shape index (κ3) is 3.82. The summed E-state index contributed by atoms with van der Waals surface area (Å²) in [5, 5.41) is 11.1. The van der Waals surface area contributed by atoms with Gasteiger partial charge in [0, 0.05) is 6.54 Å². The Labute approximate surface area is 104 Å². The second-order valence-corrected chi connectivity index (χ2v) is 4.42. The molecule has 2 atom stereocenters. The first-order chi connectivity index (χ1) is 8.45. The number of carbonyl (C=O) groups excluding carboxylic acids is 1. The summed E-state index contributed by atoms with van der Waals surface area (Å²) in [5.74, 6) is -0.814. The van der Waals surface area contributed by atoms with Crippen LogP contribution in [0.3, 0.4) is 0 Å². The predicted molar refractivity (Wildman–Crippen MR) is 60.5 cm³/mol. The molecule has 1 saturated heterocycles. The van der Waals surface area contributed by atoms with Crippen molar-refractivity contribution in [2.45, 2.75) is 38.7 Å². The molecule has 0 radical (unpaired) electrons. The quantitative estimate of drug-likeness (QED) is 0.809. The van der Waals surface area contributed by atoms with Crippen molar-refractivity contribution >= 4 is 12.0 Å². The molecule has 0 aliphatic carbocycles. The molecule has 2 unspecified atom stereocenters. The number of nitrogens with zero attached hydrogens (tertiary/aromatic N) is 1. The van der Waals surface area contributed by atoms with Crippen molar-refractivity contribution in [2.75, 3.05) is 13.1 Å². The maximum atomic E-state index is 12.0. The minimum atomic E-state index is -2.63. The van der Waals surface area contributed by atoms with Gasteiger partial charge >= 0.3 is 12.0 Å². The van der Waals surface area contributed by atoms with E-state index in [1.807, 2.05) is 12.2 Å². The second-order valence-electron chi connectivity index (χ2n) is 4.42. The number of piperidine rings is 1. The van der Waals surface area contributed by atoms with Gasteiger partial charge in [-0.25, -0.2) is 18.4 Å². The summed E-state index contributed by atoms with van der Waals surface area (Å²) < 4.78 is 24.0. The number of likely N-dealkylation sites (tertiary alicyclic amines) is 1. The SMILES string of the molecule is CCC1CCN(C(=O)NCC(F)F)C(C(=O)O)C1. The van der Waals surface area contributed by atoms with Crippen LogP contribution in [-0.2, 0) is 4.79 Å². The first kappa shape index (κ1) is 14.7. The van der Waals surface area contributed by atoms with Gasteiger partial charge in [-0.05, 0) is 18.8 Å². The van der Waals surface area contributed by atoms with E-state index in [0.717, 1.165) is 11.3 Å². The number of amides is 2. The fraction of sp³-hybridized carbons (Fsp3) is 0.818. The van der Waals surface area contributed by atoms with E-state index in [4.69, 9.17) is 5.11 Å². The van der Waals surface area contributed by atoms with Gasteiger partial charge < -0.3 is 15.3 Å². The maximum absolute atomic E-state index is 12.0. The van der Waals surface area contributed by atoms with Gasteiger partial charge in [0.15, 0.2) is 0 Å². The lowest BCUT2D eigenvalue weighted by Gasteiger charge is -2.36. The minimum Gasteiger partial charge on any atom is -0.480 e. The number of aliphatic carboxylic acids is 1. The minimum absolute atomic E-state index is 0.269.